The quantitative estimate of drug-likeness (QED) is 0.583. The SMILES string of the molecule is Cc1nnc(S/C=C\C(N)=O)s1. The first-order chi connectivity index (χ1) is 5.68. The van der Waals surface area contributed by atoms with Gasteiger partial charge in [-0.3, -0.25) is 4.79 Å². The summed E-state index contributed by atoms with van der Waals surface area (Å²) in [5.74, 6) is -0.455. The van der Waals surface area contributed by atoms with Gasteiger partial charge in [-0.05, 0) is 12.3 Å². The Balaban J connectivity index is 2.48. The summed E-state index contributed by atoms with van der Waals surface area (Å²) in [5.41, 5.74) is 4.89. The summed E-state index contributed by atoms with van der Waals surface area (Å²) in [4.78, 5) is 10.3. The molecule has 1 amide bonds. The topological polar surface area (TPSA) is 68.9 Å². The first kappa shape index (κ1) is 9.21. The molecule has 6 heteroatoms. The van der Waals surface area contributed by atoms with Crippen molar-refractivity contribution in [2.45, 2.75) is 11.3 Å². The van der Waals surface area contributed by atoms with Crippen LogP contribution in [0.15, 0.2) is 15.8 Å². The van der Waals surface area contributed by atoms with Crippen LogP contribution in [0.25, 0.3) is 0 Å². The lowest BCUT2D eigenvalue weighted by atomic mass is 10.6. The number of thioether (sulfide) groups is 1. The largest absolute Gasteiger partial charge is 0.366 e. The monoisotopic (exact) mass is 201 g/mol. The van der Waals surface area contributed by atoms with E-state index >= 15 is 0 Å². The van der Waals surface area contributed by atoms with Crippen LogP contribution in [0.3, 0.4) is 0 Å². The number of hydrogen-bond donors (Lipinski definition) is 1. The van der Waals surface area contributed by atoms with Crippen molar-refractivity contribution in [1.29, 1.82) is 0 Å². The van der Waals surface area contributed by atoms with Gasteiger partial charge >= 0.3 is 0 Å². The van der Waals surface area contributed by atoms with Crippen molar-refractivity contribution in [2.75, 3.05) is 0 Å². The van der Waals surface area contributed by atoms with Gasteiger partial charge in [0.05, 0.1) is 0 Å². The molecule has 0 aromatic carbocycles. The van der Waals surface area contributed by atoms with E-state index in [1.807, 2.05) is 6.92 Å². The van der Waals surface area contributed by atoms with E-state index in [1.54, 1.807) is 5.41 Å². The second kappa shape index (κ2) is 4.22. The summed E-state index contributed by atoms with van der Waals surface area (Å²) in [6.07, 6.45) is 1.29. The fourth-order valence-electron chi connectivity index (χ4n) is 0.485. The molecule has 0 spiro atoms. The Morgan fingerprint density at radius 1 is 1.67 bits per heavy atom. The summed E-state index contributed by atoms with van der Waals surface area (Å²) in [6, 6.07) is 0. The summed E-state index contributed by atoms with van der Waals surface area (Å²) in [5, 5.41) is 10.2. The van der Waals surface area contributed by atoms with Gasteiger partial charge in [0.15, 0.2) is 4.34 Å². The van der Waals surface area contributed by atoms with E-state index in [-0.39, 0.29) is 0 Å². The van der Waals surface area contributed by atoms with Crippen LogP contribution < -0.4 is 5.73 Å². The molecule has 4 nitrogen and oxygen atoms in total. The van der Waals surface area contributed by atoms with E-state index in [1.165, 1.54) is 29.2 Å². The fourth-order valence-corrected chi connectivity index (χ4v) is 2.03. The number of aromatic nitrogens is 2. The van der Waals surface area contributed by atoms with Crippen molar-refractivity contribution in [1.82, 2.24) is 10.2 Å². The van der Waals surface area contributed by atoms with Crippen LogP contribution in [0.5, 0.6) is 0 Å². The Morgan fingerprint density at radius 3 is 2.92 bits per heavy atom. The minimum Gasteiger partial charge on any atom is -0.366 e. The number of carbonyl (C=O) groups is 1. The van der Waals surface area contributed by atoms with Crippen molar-refractivity contribution in [3.8, 4) is 0 Å². The van der Waals surface area contributed by atoms with Gasteiger partial charge in [-0.15, -0.1) is 10.2 Å². The summed E-state index contributed by atoms with van der Waals surface area (Å²) < 4.78 is 0.810. The van der Waals surface area contributed by atoms with Crippen LogP contribution in [0.1, 0.15) is 5.01 Å². The molecule has 0 radical (unpaired) electrons. The van der Waals surface area contributed by atoms with Crippen molar-refractivity contribution >= 4 is 29.0 Å². The second-order valence-electron chi connectivity index (χ2n) is 1.91. The van der Waals surface area contributed by atoms with Crippen LogP contribution in [-0.2, 0) is 4.79 Å². The number of rotatable bonds is 3. The van der Waals surface area contributed by atoms with Crippen molar-refractivity contribution in [3.63, 3.8) is 0 Å². The summed E-state index contributed by atoms with van der Waals surface area (Å²) >= 11 is 2.81. The highest BCUT2D eigenvalue weighted by atomic mass is 32.2. The van der Waals surface area contributed by atoms with Crippen LogP contribution in [-0.4, -0.2) is 16.1 Å². The predicted octanol–water partition coefficient (Wildman–Crippen LogP) is 0.938. The average molecular weight is 201 g/mol. The van der Waals surface area contributed by atoms with Crippen LogP contribution in [0.4, 0.5) is 0 Å². The molecule has 12 heavy (non-hydrogen) atoms. The zero-order chi connectivity index (χ0) is 8.97. The molecule has 1 aromatic heterocycles. The van der Waals surface area contributed by atoms with Crippen molar-refractivity contribution in [2.24, 2.45) is 5.73 Å². The summed E-state index contributed by atoms with van der Waals surface area (Å²) in [6.45, 7) is 1.87. The van der Waals surface area contributed by atoms with E-state index in [2.05, 4.69) is 10.2 Å². The highest BCUT2D eigenvalue weighted by Crippen LogP contribution is 2.22. The molecule has 0 saturated heterocycles. The Bertz CT molecular complexity index is 307. The molecule has 0 atom stereocenters. The summed E-state index contributed by atoms with van der Waals surface area (Å²) in [7, 11) is 0. The fraction of sp³-hybridized carbons (Fsp3) is 0.167. The highest BCUT2D eigenvalue weighted by Gasteiger charge is 1.97. The normalized spacial score (nSPS) is 10.8. The molecule has 1 rings (SSSR count). The minimum atomic E-state index is -0.455. The number of carbonyl (C=O) groups excluding carboxylic acids is 1. The maximum Gasteiger partial charge on any atom is 0.241 e. The second-order valence-corrected chi connectivity index (χ2v) is 4.24. The number of nitrogens with zero attached hydrogens (tertiary/aromatic N) is 2. The molecule has 0 bridgehead atoms. The lowest BCUT2D eigenvalue weighted by Gasteiger charge is -1.82. The molecular formula is C6H7N3OS2. The van der Waals surface area contributed by atoms with Gasteiger partial charge < -0.3 is 5.73 Å². The molecule has 1 aromatic rings. The van der Waals surface area contributed by atoms with Gasteiger partial charge in [-0.25, -0.2) is 0 Å². The maximum absolute atomic E-state index is 10.3. The van der Waals surface area contributed by atoms with Crippen LogP contribution in [0, 0.1) is 6.92 Å². The molecular weight excluding hydrogens is 194 g/mol. The van der Waals surface area contributed by atoms with Crippen molar-refractivity contribution in [3.05, 3.63) is 16.5 Å². The Hall–Kier alpha value is -0.880. The minimum absolute atomic E-state index is 0.455. The molecule has 0 aliphatic heterocycles. The van der Waals surface area contributed by atoms with E-state index in [0.717, 1.165) is 9.35 Å². The van der Waals surface area contributed by atoms with Gasteiger partial charge in [0.25, 0.3) is 0 Å². The molecule has 64 valence electrons. The zero-order valence-electron chi connectivity index (χ0n) is 6.35. The molecule has 0 aliphatic carbocycles. The molecule has 0 aliphatic rings. The molecule has 1 heterocycles. The van der Waals surface area contributed by atoms with Crippen LogP contribution in [0.2, 0.25) is 0 Å². The Morgan fingerprint density at radius 2 is 2.42 bits per heavy atom. The van der Waals surface area contributed by atoms with Crippen molar-refractivity contribution < 1.29 is 4.79 Å². The van der Waals surface area contributed by atoms with Gasteiger partial charge in [0, 0.05) is 6.08 Å². The Kier molecular flexibility index (Phi) is 3.24. The third-order valence-electron chi connectivity index (χ3n) is 0.909. The molecule has 0 saturated carbocycles. The lowest BCUT2D eigenvalue weighted by molar-refractivity contribution is -0.113. The predicted molar refractivity (Wildman–Crippen MR) is 48.8 cm³/mol. The van der Waals surface area contributed by atoms with Gasteiger partial charge in [0.2, 0.25) is 5.91 Å². The number of hydrogen-bond acceptors (Lipinski definition) is 5. The number of nitrogens with two attached hydrogens (primary N) is 1. The number of amides is 1. The Labute approximate surface area is 77.9 Å². The molecule has 0 unspecified atom stereocenters. The van der Waals surface area contributed by atoms with E-state index in [4.69, 9.17) is 5.73 Å². The van der Waals surface area contributed by atoms with Gasteiger partial charge in [-0.2, -0.15) is 0 Å². The van der Waals surface area contributed by atoms with E-state index in [9.17, 15) is 4.79 Å². The standard InChI is InChI=1S/C6H7N3OS2/c1-4-8-9-6(12-4)11-3-2-5(7)10/h2-3H,1H3,(H2,7,10)/b3-2-. The van der Waals surface area contributed by atoms with E-state index in [0.29, 0.717) is 0 Å². The van der Waals surface area contributed by atoms with Gasteiger partial charge in [-0.1, -0.05) is 23.1 Å². The third kappa shape index (κ3) is 3.02. The number of primary amides is 1. The van der Waals surface area contributed by atoms with Gasteiger partial charge in [0.1, 0.15) is 5.01 Å². The number of aryl methyl sites for hydroxylation is 1. The third-order valence-corrected chi connectivity index (χ3v) is 2.64. The smallest absolute Gasteiger partial charge is 0.241 e. The first-order valence-electron chi connectivity index (χ1n) is 3.11. The average Bonchev–Trinajstić information content (AvgIpc) is 2.35. The molecule has 2 N–H and O–H groups in total. The van der Waals surface area contributed by atoms with E-state index < -0.39 is 5.91 Å². The lowest BCUT2D eigenvalue weighted by Crippen LogP contribution is -2.04. The first-order valence-corrected chi connectivity index (χ1v) is 4.81. The maximum atomic E-state index is 10.3. The zero-order valence-corrected chi connectivity index (χ0v) is 7.98. The highest BCUT2D eigenvalue weighted by molar-refractivity contribution is 8.03. The molecule has 0 fully saturated rings. The van der Waals surface area contributed by atoms with Crippen LogP contribution >= 0.6 is 23.1 Å².